The molecule has 35 heavy (non-hydrogen) atoms. The molecular formula is C29H34N2O4. The van der Waals surface area contributed by atoms with Gasteiger partial charge in [-0.1, -0.05) is 61.5 Å². The van der Waals surface area contributed by atoms with Gasteiger partial charge in [0.25, 0.3) is 5.91 Å². The molecule has 3 aromatic rings. The number of allylic oxidation sites excluding steroid dienone is 1. The van der Waals surface area contributed by atoms with E-state index < -0.39 is 11.9 Å². The molecule has 0 fully saturated rings. The Balaban J connectivity index is 1.67. The van der Waals surface area contributed by atoms with E-state index >= 15 is 0 Å². The first kappa shape index (κ1) is 25.8. The van der Waals surface area contributed by atoms with Crippen LogP contribution in [0.2, 0.25) is 0 Å². The van der Waals surface area contributed by atoms with Crippen molar-refractivity contribution in [1.29, 1.82) is 0 Å². The summed E-state index contributed by atoms with van der Waals surface area (Å²) in [4.78, 5) is 26.2. The summed E-state index contributed by atoms with van der Waals surface area (Å²) < 4.78 is 6.08. The van der Waals surface area contributed by atoms with Gasteiger partial charge in [-0.05, 0) is 48.4 Å². The third kappa shape index (κ3) is 7.60. The topological polar surface area (TPSA) is 78.9 Å². The SMILES string of the molecule is CC(CCCC=C(COc1cccc2ccccc12)C(=O)NCc1ccc(N(C)C)cc1)C(=O)O. The summed E-state index contributed by atoms with van der Waals surface area (Å²) in [5.41, 5.74) is 2.64. The van der Waals surface area contributed by atoms with Crippen LogP contribution in [0.3, 0.4) is 0 Å². The predicted molar refractivity (Wildman–Crippen MR) is 141 cm³/mol. The van der Waals surface area contributed by atoms with E-state index in [0.717, 1.165) is 27.8 Å². The van der Waals surface area contributed by atoms with E-state index in [9.17, 15) is 9.59 Å². The molecule has 0 aliphatic carbocycles. The normalized spacial score (nSPS) is 12.3. The number of carbonyl (C=O) groups excluding carboxylic acids is 1. The van der Waals surface area contributed by atoms with E-state index in [0.29, 0.717) is 31.4 Å². The zero-order valence-corrected chi connectivity index (χ0v) is 20.7. The highest BCUT2D eigenvalue weighted by atomic mass is 16.5. The molecule has 6 nitrogen and oxygen atoms in total. The van der Waals surface area contributed by atoms with Crippen LogP contribution in [0.15, 0.2) is 78.4 Å². The molecule has 6 heteroatoms. The van der Waals surface area contributed by atoms with Crippen LogP contribution in [-0.4, -0.2) is 37.7 Å². The maximum atomic E-state index is 13.1. The minimum atomic E-state index is -0.800. The fourth-order valence-corrected chi connectivity index (χ4v) is 3.73. The van der Waals surface area contributed by atoms with E-state index in [4.69, 9.17) is 9.84 Å². The molecule has 0 aliphatic heterocycles. The Morgan fingerprint density at radius 1 is 1.03 bits per heavy atom. The van der Waals surface area contributed by atoms with Crippen LogP contribution < -0.4 is 15.0 Å². The van der Waals surface area contributed by atoms with Crippen LogP contribution in [0.4, 0.5) is 5.69 Å². The molecule has 1 atom stereocenters. The number of aliphatic carboxylic acids is 1. The van der Waals surface area contributed by atoms with Crippen LogP contribution in [0.25, 0.3) is 10.8 Å². The van der Waals surface area contributed by atoms with E-state index in [1.54, 1.807) is 6.92 Å². The minimum absolute atomic E-state index is 0.133. The quantitative estimate of drug-likeness (QED) is 0.271. The number of amides is 1. The van der Waals surface area contributed by atoms with Crippen LogP contribution in [-0.2, 0) is 16.1 Å². The van der Waals surface area contributed by atoms with Gasteiger partial charge in [-0.2, -0.15) is 0 Å². The van der Waals surface area contributed by atoms with Crippen molar-refractivity contribution < 1.29 is 19.4 Å². The number of rotatable bonds is 12. The smallest absolute Gasteiger partial charge is 0.306 e. The van der Waals surface area contributed by atoms with E-state index in [1.165, 1.54) is 0 Å². The van der Waals surface area contributed by atoms with Crippen LogP contribution >= 0.6 is 0 Å². The molecule has 3 aromatic carbocycles. The highest BCUT2D eigenvalue weighted by Crippen LogP contribution is 2.25. The van der Waals surface area contributed by atoms with Gasteiger partial charge in [0.2, 0.25) is 0 Å². The van der Waals surface area contributed by atoms with Gasteiger partial charge in [0.15, 0.2) is 0 Å². The Kier molecular flexibility index (Phi) is 9.30. The third-order valence-electron chi connectivity index (χ3n) is 5.98. The second-order valence-electron chi connectivity index (χ2n) is 8.91. The minimum Gasteiger partial charge on any atom is -0.488 e. The Hall–Kier alpha value is -3.80. The molecule has 0 aromatic heterocycles. The monoisotopic (exact) mass is 474 g/mol. The van der Waals surface area contributed by atoms with Gasteiger partial charge in [0.1, 0.15) is 12.4 Å². The largest absolute Gasteiger partial charge is 0.488 e. The number of benzene rings is 3. The Bertz CT molecular complexity index is 1160. The maximum Gasteiger partial charge on any atom is 0.306 e. The van der Waals surface area contributed by atoms with Gasteiger partial charge in [-0.25, -0.2) is 0 Å². The number of carbonyl (C=O) groups is 2. The van der Waals surface area contributed by atoms with Crippen molar-refractivity contribution in [2.24, 2.45) is 5.92 Å². The number of unbranched alkanes of at least 4 members (excludes halogenated alkanes) is 1. The van der Waals surface area contributed by atoms with Crippen LogP contribution in [0.5, 0.6) is 5.75 Å². The molecular weight excluding hydrogens is 440 g/mol. The number of nitrogens with zero attached hydrogens (tertiary/aromatic N) is 1. The fourth-order valence-electron chi connectivity index (χ4n) is 3.73. The molecule has 0 radical (unpaired) electrons. The summed E-state index contributed by atoms with van der Waals surface area (Å²) in [6.07, 6.45) is 3.72. The van der Waals surface area contributed by atoms with Gasteiger partial charge < -0.3 is 20.1 Å². The summed E-state index contributed by atoms with van der Waals surface area (Å²) in [6, 6.07) is 21.9. The number of carboxylic acid groups (broad SMARTS) is 1. The molecule has 1 unspecified atom stereocenters. The molecule has 0 heterocycles. The van der Waals surface area contributed by atoms with Crippen LogP contribution in [0, 0.1) is 5.92 Å². The maximum absolute atomic E-state index is 13.1. The molecule has 1 amide bonds. The lowest BCUT2D eigenvalue weighted by atomic mass is 10.0. The number of nitrogens with one attached hydrogen (secondary N) is 1. The molecule has 184 valence electrons. The highest BCUT2D eigenvalue weighted by Gasteiger charge is 2.13. The van der Waals surface area contributed by atoms with Crippen molar-refractivity contribution in [3.63, 3.8) is 0 Å². The zero-order valence-electron chi connectivity index (χ0n) is 20.7. The second-order valence-corrected chi connectivity index (χ2v) is 8.91. The standard InChI is InChI=1S/C29H34N2O4/c1-21(29(33)34)9-4-5-11-24(20-35-27-14-8-12-23-10-6-7-13-26(23)27)28(32)30-19-22-15-17-25(18-16-22)31(2)3/h6-8,10-18,21H,4-5,9,19-20H2,1-3H3,(H,30,32)(H,33,34). The lowest BCUT2D eigenvalue weighted by Gasteiger charge is -2.14. The summed E-state index contributed by atoms with van der Waals surface area (Å²) >= 11 is 0. The van der Waals surface area contributed by atoms with Gasteiger partial charge in [0, 0.05) is 31.7 Å². The molecule has 0 saturated heterocycles. The van der Waals surface area contributed by atoms with E-state index in [2.05, 4.69) is 5.32 Å². The number of carboxylic acids is 1. The number of ether oxygens (including phenoxy) is 1. The second kappa shape index (κ2) is 12.6. The van der Waals surface area contributed by atoms with Gasteiger partial charge in [-0.3, -0.25) is 9.59 Å². The van der Waals surface area contributed by atoms with Crippen molar-refractivity contribution in [2.75, 3.05) is 25.6 Å². The van der Waals surface area contributed by atoms with E-state index in [-0.39, 0.29) is 12.5 Å². The number of fused-ring (bicyclic) bond motifs is 1. The number of hydrogen-bond acceptors (Lipinski definition) is 4. The summed E-state index contributed by atoms with van der Waals surface area (Å²) in [6.45, 7) is 2.24. The van der Waals surface area contributed by atoms with E-state index in [1.807, 2.05) is 91.8 Å². The molecule has 3 rings (SSSR count). The zero-order chi connectivity index (χ0) is 25.2. The van der Waals surface area contributed by atoms with Gasteiger partial charge >= 0.3 is 5.97 Å². The number of hydrogen-bond donors (Lipinski definition) is 2. The highest BCUT2D eigenvalue weighted by molar-refractivity contribution is 5.94. The molecule has 0 saturated carbocycles. The Morgan fingerprint density at radius 3 is 2.46 bits per heavy atom. The van der Waals surface area contributed by atoms with Crippen molar-refractivity contribution in [3.05, 3.63) is 83.9 Å². The van der Waals surface area contributed by atoms with Crippen LogP contribution in [0.1, 0.15) is 31.7 Å². The fraction of sp³-hybridized carbons (Fsp3) is 0.310. The van der Waals surface area contributed by atoms with Crippen molar-refractivity contribution >= 4 is 28.3 Å². The molecule has 0 spiro atoms. The van der Waals surface area contributed by atoms with Crippen molar-refractivity contribution in [1.82, 2.24) is 5.32 Å². The lowest BCUT2D eigenvalue weighted by molar-refractivity contribution is -0.141. The van der Waals surface area contributed by atoms with Gasteiger partial charge in [0.05, 0.1) is 11.5 Å². The first-order valence-corrected chi connectivity index (χ1v) is 11.9. The molecule has 0 aliphatic rings. The Morgan fingerprint density at radius 2 is 1.74 bits per heavy atom. The lowest BCUT2D eigenvalue weighted by Crippen LogP contribution is -2.27. The number of anilines is 1. The van der Waals surface area contributed by atoms with Crippen molar-refractivity contribution in [3.8, 4) is 5.75 Å². The summed E-state index contributed by atoms with van der Waals surface area (Å²) in [5, 5.41) is 14.2. The Labute approximate surface area is 207 Å². The first-order valence-electron chi connectivity index (χ1n) is 11.9. The average molecular weight is 475 g/mol. The molecule has 0 bridgehead atoms. The summed E-state index contributed by atoms with van der Waals surface area (Å²) in [5.74, 6) is -0.668. The predicted octanol–water partition coefficient (Wildman–Crippen LogP) is 5.42. The third-order valence-corrected chi connectivity index (χ3v) is 5.98. The average Bonchev–Trinajstić information content (AvgIpc) is 2.86. The van der Waals surface area contributed by atoms with Crippen molar-refractivity contribution in [2.45, 2.75) is 32.7 Å². The first-order chi connectivity index (χ1) is 16.8. The molecule has 2 N–H and O–H groups in total. The van der Waals surface area contributed by atoms with Gasteiger partial charge in [-0.15, -0.1) is 0 Å². The summed E-state index contributed by atoms with van der Waals surface area (Å²) in [7, 11) is 3.97.